The first-order valence-electron chi connectivity index (χ1n) is 8.26. The van der Waals surface area contributed by atoms with Crippen molar-refractivity contribution in [2.75, 3.05) is 6.61 Å². The third-order valence-electron chi connectivity index (χ3n) is 3.39. The smallest absolute Gasteiger partial charge is 0.305 e. The Morgan fingerprint density at radius 3 is 2.11 bits per heavy atom. The monoisotopic (exact) mass is 269 g/mol. The van der Waals surface area contributed by atoms with Gasteiger partial charge >= 0.3 is 5.97 Å². The third kappa shape index (κ3) is 15.4. The molecule has 2 nitrogen and oxygen atoms in total. The van der Waals surface area contributed by atoms with Crippen LogP contribution < -0.4 is 0 Å². The van der Waals surface area contributed by atoms with E-state index in [1.165, 1.54) is 51.4 Å². The summed E-state index contributed by atoms with van der Waals surface area (Å²) in [5.41, 5.74) is 0. The first-order chi connectivity index (χ1) is 9.31. The number of rotatable bonds is 14. The molecule has 0 aromatic carbocycles. The number of unbranched alkanes of at least 4 members (excludes halogenated alkanes) is 10. The second kappa shape index (κ2) is 15.5. The van der Waals surface area contributed by atoms with Gasteiger partial charge in [0.15, 0.2) is 0 Å². The van der Waals surface area contributed by atoms with Crippen LogP contribution in [-0.2, 0) is 9.53 Å². The van der Waals surface area contributed by atoms with Crippen LogP contribution in [0.25, 0.3) is 0 Å². The van der Waals surface area contributed by atoms with E-state index < -0.39 is 0 Å². The first-order valence-corrected chi connectivity index (χ1v) is 8.26. The zero-order valence-electron chi connectivity index (χ0n) is 12.9. The predicted octanol–water partition coefficient (Wildman–Crippen LogP) is 5.45. The molecule has 0 aliphatic carbocycles. The summed E-state index contributed by atoms with van der Waals surface area (Å²) in [6, 6.07) is 0. The van der Waals surface area contributed by atoms with Crippen LogP contribution in [0, 0.1) is 6.92 Å². The van der Waals surface area contributed by atoms with Crippen molar-refractivity contribution >= 4 is 5.97 Å². The van der Waals surface area contributed by atoms with E-state index in [0.29, 0.717) is 13.0 Å². The number of hydrogen-bond donors (Lipinski definition) is 0. The number of carbonyl (C=O) groups excluding carboxylic acids is 1. The average molecular weight is 269 g/mol. The summed E-state index contributed by atoms with van der Waals surface area (Å²) >= 11 is 0. The van der Waals surface area contributed by atoms with E-state index in [2.05, 4.69) is 13.8 Å². The summed E-state index contributed by atoms with van der Waals surface area (Å²) in [6.07, 6.45) is 14.9. The predicted molar refractivity (Wildman–Crippen MR) is 82.0 cm³/mol. The highest BCUT2D eigenvalue weighted by Gasteiger charge is 2.02. The van der Waals surface area contributed by atoms with Gasteiger partial charge in [-0.05, 0) is 12.8 Å². The lowest BCUT2D eigenvalue weighted by Crippen LogP contribution is -2.05. The minimum Gasteiger partial charge on any atom is -0.466 e. The van der Waals surface area contributed by atoms with Crippen LogP contribution in [0.4, 0.5) is 0 Å². The molecule has 19 heavy (non-hydrogen) atoms. The lowest BCUT2D eigenvalue weighted by atomic mass is 10.1. The highest BCUT2D eigenvalue weighted by Crippen LogP contribution is 2.08. The molecule has 0 unspecified atom stereocenters. The fourth-order valence-electron chi connectivity index (χ4n) is 2.12. The van der Waals surface area contributed by atoms with E-state index in [0.717, 1.165) is 25.7 Å². The molecule has 0 saturated carbocycles. The van der Waals surface area contributed by atoms with Crippen LogP contribution in [0.5, 0.6) is 0 Å². The van der Waals surface area contributed by atoms with Gasteiger partial charge in [0.25, 0.3) is 0 Å². The molecular weight excluding hydrogens is 236 g/mol. The van der Waals surface area contributed by atoms with Crippen molar-refractivity contribution in [1.29, 1.82) is 0 Å². The van der Waals surface area contributed by atoms with Crippen molar-refractivity contribution < 1.29 is 9.53 Å². The van der Waals surface area contributed by atoms with Gasteiger partial charge in [0.1, 0.15) is 0 Å². The molecule has 1 radical (unpaired) electrons. The quantitative estimate of drug-likeness (QED) is 0.309. The van der Waals surface area contributed by atoms with Gasteiger partial charge in [0.05, 0.1) is 6.61 Å². The van der Waals surface area contributed by atoms with Gasteiger partial charge in [-0.2, -0.15) is 0 Å². The molecule has 0 aliphatic heterocycles. The highest BCUT2D eigenvalue weighted by atomic mass is 16.5. The summed E-state index contributed by atoms with van der Waals surface area (Å²) in [5.74, 6) is -0.0133. The molecule has 0 aromatic heterocycles. The molecule has 0 amide bonds. The van der Waals surface area contributed by atoms with Crippen LogP contribution in [0.1, 0.15) is 90.4 Å². The number of esters is 1. The molecule has 0 atom stereocenters. The summed E-state index contributed by atoms with van der Waals surface area (Å²) < 4.78 is 5.22. The Morgan fingerprint density at radius 2 is 1.42 bits per heavy atom. The number of carbonyl (C=O) groups is 1. The standard InChI is InChI=1S/C17H33O2/c1-3-5-7-9-10-12-14-16-19-17(18)15-13-11-8-6-4-2/h2-16H2,1H3. The van der Waals surface area contributed by atoms with Gasteiger partial charge in [-0.15, -0.1) is 0 Å². The maximum atomic E-state index is 11.4. The Balaban J connectivity index is 3.12. The van der Waals surface area contributed by atoms with Crippen LogP contribution in [0.2, 0.25) is 0 Å². The Morgan fingerprint density at radius 1 is 0.842 bits per heavy atom. The van der Waals surface area contributed by atoms with Gasteiger partial charge in [-0.25, -0.2) is 0 Å². The maximum Gasteiger partial charge on any atom is 0.305 e. The molecule has 0 rings (SSSR count). The molecule has 0 spiro atoms. The van der Waals surface area contributed by atoms with Gasteiger partial charge in [0.2, 0.25) is 0 Å². The Labute approximate surface area is 120 Å². The molecule has 0 aromatic rings. The van der Waals surface area contributed by atoms with Crippen LogP contribution >= 0.6 is 0 Å². The normalized spacial score (nSPS) is 10.6. The second-order valence-electron chi connectivity index (χ2n) is 5.36. The van der Waals surface area contributed by atoms with Crippen molar-refractivity contribution in [3.63, 3.8) is 0 Å². The van der Waals surface area contributed by atoms with E-state index in [-0.39, 0.29) is 5.97 Å². The summed E-state index contributed by atoms with van der Waals surface area (Å²) in [6.45, 7) is 6.66. The molecule has 0 bridgehead atoms. The van der Waals surface area contributed by atoms with E-state index in [1.807, 2.05) is 0 Å². The Kier molecular flexibility index (Phi) is 15.1. The fraction of sp³-hybridized carbons (Fsp3) is 0.882. The number of ether oxygens (including phenoxy) is 1. The van der Waals surface area contributed by atoms with Gasteiger partial charge in [-0.1, -0.05) is 78.1 Å². The highest BCUT2D eigenvalue weighted by molar-refractivity contribution is 5.69. The molecule has 0 fully saturated rings. The average Bonchev–Trinajstić information content (AvgIpc) is 2.41. The second-order valence-corrected chi connectivity index (χ2v) is 5.36. The van der Waals surface area contributed by atoms with Gasteiger partial charge in [0, 0.05) is 6.42 Å². The zero-order chi connectivity index (χ0) is 14.2. The Hall–Kier alpha value is -0.530. The zero-order valence-corrected chi connectivity index (χ0v) is 12.9. The SMILES string of the molecule is [CH2]CCCCCCC(=O)OCCCCCCCCC. The van der Waals surface area contributed by atoms with Crippen molar-refractivity contribution in [3.05, 3.63) is 6.92 Å². The van der Waals surface area contributed by atoms with Crippen molar-refractivity contribution in [3.8, 4) is 0 Å². The van der Waals surface area contributed by atoms with E-state index in [4.69, 9.17) is 4.74 Å². The summed E-state index contributed by atoms with van der Waals surface area (Å²) in [5, 5.41) is 0. The Bertz CT molecular complexity index is 190. The van der Waals surface area contributed by atoms with Gasteiger partial charge < -0.3 is 4.74 Å². The van der Waals surface area contributed by atoms with E-state index in [1.54, 1.807) is 0 Å². The summed E-state index contributed by atoms with van der Waals surface area (Å²) in [7, 11) is 0. The lowest BCUT2D eigenvalue weighted by molar-refractivity contribution is -0.143. The largest absolute Gasteiger partial charge is 0.466 e. The number of hydrogen-bond acceptors (Lipinski definition) is 2. The minimum atomic E-state index is -0.0133. The van der Waals surface area contributed by atoms with Crippen LogP contribution in [-0.4, -0.2) is 12.6 Å². The van der Waals surface area contributed by atoms with Crippen LogP contribution in [0.3, 0.4) is 0 Å². The van der Waals surface area contributed by atoms with Crippen molar-refractivity contribution in [1.82, 2.24) is 0 Å². The fourth-order valence-corrected chi connectivity index (χ4v) is 2.12. The first kappa shape index (κ1) is 18.5. The van der Waals surface area contributed by atoms with Gasteiger partial charge in [-0.3, -0.25) is 4.79 Å². The van der Waals surface area contributed by atoms with Crippen molar-refractivity contribution in [2.45, 2.75) is 90.4 Å². The third-order valence-corrected chi connectivity index (χ3v) is 3.39. The summed E-state index contributed by atoms with van der Waals surface area (Å²) in [4.78, 5) is 11.4. The van der Waals surface area contributed by atoms with E-state index in [9.17, 15) is 4.79 Å². The lowest BCUT2D eigenvalue weighted by Gasteiger charge is -2.05. The van der Waals surface area contributed by atoms with Crippen LogP contribution in [0.15, 0.2) is 0 Å². The maximum absolute atomic E-state index is 11.4. The van der Waals surface area contributed by atoms with Crippen molar-refractivity contribution in [2.24, 2.45) is 0 Å². The molecule has 0 N–H and O–H groups in total. The molecule has 0 aliphatic rings. The molecule has 2 heteroatoms. The van der Waals surface area contributed by atoms with E-state index >= 15 is 0 Å². The molecule has 113 valence electrons. The minimum absolute atomic E-state index is 0.0133. The molecule has 0 heterocycles. The topological polar surface area (TPSA) is 26.3 Å². The molecule has 0 saturated heterocycles. The molecular formula is C17H33O2.